The Balaban J connectivity index is 1.93. The van der Waals surface area contributed by atoms with Gasteiger partial charge in [-0.25, -0.2) is 13.1 Å². The largest absolute Gasteiger partial charge is 0.405 e. The van der Waals surface area contributed by atoms with E-state index in [0.29, 0.717) is 13.1 Å². The summed E-state index contributed by atoms with van der Waals surface area (Å²) in [5.74, 6) is 0.0649. The van der Waals surface area contributed by atoms with Crippen LogP contribution in [0.2, 0.25) is 0 Å². The molecule has 2 aliphatic rings. The van der Waals surface area contributed by atoms with Crippen LogP contribution in [0.15, 0.2) is 0 Å². The van der Waals surface area contributed by atoms with Crippen LogP contribution in [0.5, 0.6) is 0 Å². The smallest absolute Gasteiger partial charge is 0.314 e. The molecule has 2 fully saturated rings. The lowest BCUT2D eigenvalue weighted by Crippen LogP contribution is -2.57. The molecule has 0 radical (unpaired) electrons. The van der Waals surface area contributed by atoms with Crippen molar-refractivity contribution >= 4 is 10.0 Å². The zero-order valence-corrected chi connectivity index (χ0v) is 11.9. The van der Waals surface area contributed by atoms with Crippen molar-refractivity contribution < 1.29 is 21.6 Å². The van der Waals surface area contributed by atoms with Crippen molar-refractivity contribution in [2.45, 2.75) is 25.1 Å². The first kappa shape index (κ1) is 16.0. The normalized spacial score (nSPS) is 23.8. The van der Waals surface area contributed by atoms with Crippen LogP contribution in [0.1, 0.15) is 12.8 Å². The number of nitrogens with zero attached hydrogens (tertiary/aromatic N) is 1. The molecule has 1 aliphatic carbocycles. The second-order valence-corrected chi connectivity index (χ2v) is 7.27. The predicted molar refractivity (Wildman–Crippen MR) is 68.8 cm³/mol. The Hall–Kier alpha value is -0.380. The third-order valence-electron chi connectivity index (χ3n) is 3.62. The number of hydrogen-bond donors (Lipinski definition) is 2. The van der Waals surface area contributed by atoms with Crippen LogP contribution >= 0.6 is 0 Å². The quantitative estimate of drug-likeness (QED) is 0.733. The Morgan fingerprint density at radius 3 is 2.35 bits per heavy atom. The first-order chi connectivity index (χ1) is 9.28. The lowest BCUT2D eigenvalue weighted by Gasteiger charge is -2.35. The number of piperazine rings is 1. The van der Waals surface area contributed by atoms with E-state index in [4.69, 9.17) is 0 Å². The Kier molecular flexibility index (Phi) is 4.93. The third kappa shape index (κ3) is 4.87. The summed E-state index contributed by atoms with van der Waals surface area (Å²) in [5, 5.41) is 2.98. The van der Waals surface area contributed by atoms with Crippen LogP contribution in [0.4, 0.5) is 13.2 Å². The zero-order valence-electron chi connectivity index (χ0n) is 11.1. The summed E-state index contributed by atoms with van der Waals surface area (Å²) >= 11 is 0. The van der Waals surface area contributed by atoms with E-state index in [1.165, 1.54) is 4.90 Å². The Morgan fingerprint density at radius 2 is 1.85 bits per heavy atom. The molecule has 2 rings (SSSR count). The van der Waals surface area contributed by atoms with E-state index in [2.05, 4.69) is 10.0 Å². The molecule has 0 bridgehead atoms. The molecule has 0 aromatic carbocycles. The van der Waals surface area contributed by atoms with Gasteiger partial charge in [-0.05, 0) is 18.8 Å². The minimum Gasteiger partial charge on any atom is -0.314 e. The van der Waals surface area contributed by atoms with Gasteiger partial charge in [0.2, 0.25) is 10.0 Å². The highest BCUT2D eigenvalue weighted by Crippen LogP contribution is 2.30. The van der Waals surface area contributed by atoms with E-state index < -0.39 is 28.8 Å². The summed E-state index contributed by atoms with van der Waals surface area (Å²) < 4.78 is 64.7. The van der Waals surface area contributed by atoms with Gasteiger partial charge in [-0.15, -0.1) is 0 Å². The van der Waals surface area contributed by atoms with Crippen molar-refractivity contribution in [3.8, 4) is 0 Å². The van der Waals surface area contributed by atoms with Gasteiger partial charge in [0, 0.05) is 32.7 Å². The maximum atomic E-state index is 13.1. The van der Waals surface area contributed by atoms with Crippen molar-refractivity contribution in [3.63, 3.8) is 0 Å². The molecule has 9 heteroatoms. The summed E-state index contributed by atoms with van der Waals surface area (Å²) in [7, 11) is -3.60. The van der Waals surface area contributed by atoms with Crippen LogP contribution in [-0.2, 0) is 10.0 Å². The Bertz CT molecular complexity index is 417. The molecule has 5 nitrogen and oxygen atoms in total. The highest BCUT2D eigenvalue weighted by atomic mass is 32.2. The van der Waals surface area contributed by atoms with Crippen LogP contribution in [0, 0.1) is 5.92 Å². The van der Waals surface area contributed by atoms with Gasteiger partial charge in [0.05, 0.1) is 5.75 Å². The molecule has 1 unspecified atom stereocenters. The van der Waals surface area contributed by atoms with Gasteiger partial charge in [0.15, 0.2) is 0 Å². The van der Waals surface area contributed by atoms with Gasteiger partial charge in [0.1, 0.15) is 6.04 Å². The van der Waals surface area contributed by atoms with E-state index in [9.17, 15) is 21.6 Å². The van der Waals surface area contributed by atoms with E-state index in [1.807, 2.05) is 0 Å². The molecule has 2 N–H and O–H groups in total. The molecule has 0 aromatic rings. The molecule has 1 heterocycles. The highest BCUT2D eigenvalue weighted by Gasteiger charge is 2.44. The molecule has 0 amide bonds. The number of sulfonamides is 1. The minimum absolute atomic E-state index is 0.0564. The number of nitrogens with one attached hydrogen (secondary N) is 2. The van der Waals surface area contributed by atoms with Crippen LogP contribution < -0.4 is 10.0 Å². The molecule has 0 spiro atoms. The number of halogens is 3. The fraction of sp³-hybridized carbons (Fsp3) is 1.00. The first-order valence-corrected chi connectivity index (χ1v) is 8.42. The maximum Gasteiger partial charge on any atom is 0.405 e. The Morgan fingerprint density at radius 1 is 1.25 bits per heavy atom. The lowest BCUT2D eigenvalue weighted by molar-refractivity contribution is -0.182. The van der Waals surface area contributed by atoms with Gasteiger partial charge in [0.25, 0.3) is 0 Å². The van der Waals surface area contributed by atoms with Gasteiger partial charge >= 0.3 is 6.18 Å². The average molecular weight is 315 g/mol. The van der Waals surface area contributed by atoms with Crippen LogP contribution in [0.3, 0.4) is 0 Å². The number of hydrogen-bond acceptors (Lipinski definition) is 4. The summed E-state index contributed by atoms with van der Waals surface area (Å²) in [4.78, 5) is 1.29. The molecule has 1 saturated heterocycles. The van der Waals surface area contributed by atoms with Crippen molar-refractivity contribution in [2.75, 3.05) is 38.5 Å². The fourth-order valence-corrected chi connectivity index (χ4v) is 3.79. The van der Waals surface area contributed by atoms with E-state index >= 15 is 0 Å². The summed E-state index contributed by atoms with van der Waals surface area (Å²) in [6.45, 7) is 0.921. The van der Waals surface area contributed by atoms with Crippen molar-refractivity contribution in [2.24, 2.45) is 5.92 Å². The molecule has 1 saturated carbocycles. The maximum absolute atomic E-state index is 13.1. The SMILES string of the molecule is O=S(=O)(CC1CC1)NCC(N1CCNCC1)C(F)(F)F. The molecule has 118 valence electrons. The first-order valence-electron chi connectivity index (χ1n) is 6.77. The summed E-state index contributed by atoms with van der Waals surface area (Å²) in [6.07, 6.45) is -2.73. The lowest BCUT2D eigenvalue weighted by atomic mass is 10.2. The van der Waals surface area contributed by atoms with Gasteiger partial charge < -0.3 is 5.32 Å². The molecule has 1 aliphatic heterocycles. The average Bonchev–Trinajstić information content (AvgIpc) is 3.12. The third-order valence-corrected chi connectivity index (χ3v) is 5.14. The topological polar surface area (TPSA) is 61.4 Å². The number of rotatable bonds is 6. The molecule has 0 aromatic heterocycles. The van der Waals surface area contributed by atoms with Gasteiger partial charge in [-0.3, -0.25) is 4.90 Å². The zero-order chi connectivity index (χ0) is 14.8. The van der Waals surface area contributed by atoms with Gasteiger partial charge in [-0.2, -0.15) is 13.2 Å². The second kappa shape index (κ2) is 6.17. The van der Waals surface area contributed by atoms with E-state index in [0.717, 1.165) is 12.8 Å². The highest BCUT2D eigenvalue weighted by molar-refractivity contribution is 7.89. The predicted octanol–water partition coefficient (Wildman–Crippen LogP) is 0.152. The fourth-order valence-electron chi connectivity index (χ4n) is 2.31. The molecule has 1 atom stereocenters. The van der Waals surface area contributed by atoms with E-state index in [-0.39, 0.29) is 24.8 Å². The molecular formula is C11H20F3N3O2S. The van der Waals surface area contributed by atoms with Gasteiger partial charge in [-0.1, -0.05) is 0 Å². The van der Waals surface area contributed by atoms with E-state index in [1.54, 1.807) is 0 Å². The molecule has 20 heavy (non-hydrogen) atoms. The number of alkyl halides is 3. The Labute approximate surface area is 116 Å². The van der Waals surface area contributed by atoms with Crippen molar-refractivity contribution in [1.29, 1.82) is 0 Å². The minimum atomic E-state index is -4.43. The van der Waals surface area contributed by atoms with Crippen molar-refractivity contribution in [3.05, 3.63) is 0 Å². The second-order valence-electron chi connectivity index (χ2n) is 5.42. The standard InChI is InChI=1S/C11H20F3N3O2S/c12-11(13,14)10(17-5-3-15-4-6-17)7-16-20(18,19)8-9-1-2-9/h9-10,15-16H,1-8H2. The monoisotopic (exact) mass is 315 g/mol. The van der Waals surface area contributed by atoms with Crippen LogP contribution in [-0.4, -0.2) is 64.0 Å². The van der Waals surface area contributed by atoms with Crippen molar-refractivity contribution in [1.82, 2.24) is 14.9 Å². The van der Waals surface area contributed by atoms with Crippen LogP contribution in [0.25, 0.3) is 0 Å². The summed E-state index contributed by atoms with van der Waals surface area (Å²) in [6, 6.07) is -1.75. The molecular weight excluding hydrogens is 295 g/mol. The summed E-state index contributed by atoms with van der Waals surface area (Å²) in [5.41, 5.74) is 0.